The highest BCUT2D eigenvalue weighted by Crippen LogP contribution is 2.43. The van der Waals surface area contributed by atoms with E-state index in [1.165, 1.54) is 43.7 Å². The molecule has 0 amide bonds. The van der Waals surface area contributed by atoms with Gasteiger partial charge in [-0.25, -0.2) is 0 Å². The first-order chi connectivity index (χ1) is 7.78. The maximum absolute atomic E-state index is 6.41. The van der Waals surface area contributed by atoms with Crippen molar-refractivity contribution in [2.45, 2.75) is 44.1 Å². The fourth-order valence-electron chi connectivity index (χ4n) is 3.50. The Labute approximate surface area is 95.7 Å². The zero-order valence-electron chi connectivity index (χ0n) is 9.55. The first-order valence-corrected chi connectivity index (χ1v) is 6.40. The van der Waals surface area contributed by atoms with Gasteiger partial charge in [0.05, 0.1) is 0 Å². The number of hydrogen-bond acceptors (Lipinski definition) is 1. The lowest BCUT2D eigenvalue weighted by Gasteiger charge is -2.19. The standard InChI is InChI=1S/C15H17N/c16-15(8-9-15)13-7-6-11-5-4-10-2-1-3-12(13)14(10)11/h1-3H,4-9,16H2. The summed E-state index contributed by atoms with van der Waals surface area (Å²) in [5.41, 5.74) is 11.3. The third kappa shape index (κ3) is 1.04. The summed E-state index contributed by atoms with van der Waals surface area (Å²) in [4.78, 5) is 0. The van der Waals surface area contributed by atoms with Gasteiger partial charge in [-0.05, 0) is 60.1 Å². The van der Waals surface area contributed by atoms with Crippen LogP contribution in [0, 0.1) is 0 Å². The Balaban J connectivity index is 2.15. The molecule has 0 spiro atoms. The Morgan fingerprint density at radius 2 is 1.81 bits per heavy atom. The summed E-state index contributed by atoms with van der Waals surface area (Å²) in [6.07, 6.45) is 7.41. The van der Waals surface area contributed by atoms with Gasteiger partial charge in [-0.1, -0.05) is 23.8 Å². The zero-order chi connectivity index (χ0) is 10.8. The Morgan fingerprint density at radius 3 is 2.62 bits per heavy atom. The normalized spacial score (nSPS) is 24.6. The van der Waals surface area contributed by atoms with Crippen molar-refractivity contribution in [1.82, 2.24) is 0 Å². The molecule has 1 aromatic carbocycles. The summed E-state index contributed by atoms with van der Waals surface area (Å²) in [6, 6.07) is 6.81. The smallest absolute Gasteiger partial charge is 0.0379 e. The first-order valence-electron chi connectivity index (χ1n) is 6.40. The molecule has 0 heterocycles. The number of hydrogen-bond donors (Lipinski definition) is 1. The average Bonchev–Trinajstić information content (AvgIpc) is 2.90. The molecule has 1 nitrogen and oxygen atoms in total. The molecule has 0 aromatic heterocycles. The van der Waals surface area contributed by atoms with Crippen LogP contribution in [0.15, 0.2) is 18.2 Å². The molecular formula is C15H17N. The number of benzene rings is 1. The highest BCUT2D eigenvalue weighted by molar-refractivity contribution is 5.68. The molecule has 0 saturated heterocycles. The lowest BCUT2D eigenvalue weighted by Crippen LogP contribution is -2.39. The summed E-state index contributed by atoms with van der Waals surface area (Å²) in [7, 11) is 0. The van der Waals surface area contributed by atoms with Crippen molar-refractivity contribution in [2.24, 2.45) is 5.73 Å². The molecule has 0 unspecified atom stereocenters. The van der Waals surface area contributed by atoms with Crippen LogP contribution in [0.2, 0.25) is 0 Å². The van der Waals surface area contributed by atoms with Gasteiger partial charge in [0, 0.05) is 5.54 Å². The van der Waals surface area contributed by atoms with Gasteiger partial charge >= 0.3 is 0 Å². The van der Waals surface area contributed by atoms with Crippen molar-refractivity contribution < 1.29 is 0 Å². The molecular weight excluding hydrogens is 194 g/mol. The van der Waals surface area contributed by atoms with E-state index in [2.05, 4.69) is 18.2 Å². The maximum atomic E-state index is 6.41. The highest BCUT2D eigenvalue weighted by Gasteiger charge is 2.42. The largest absolute Gasteiger partial charge is 0.322 e. The second-order valence-corrected chi connectivity index (χ2v) is 5.58. The van der Waals surface area contributed by atoms with Crippen LogP contribution in [0.5, 0.6) is 0 Å². The van der Waals surface area contributed by atoms with E-state index < -0.39 is 0 Å². The SMILES string of the molecule is NC1(C2=c3cccc4c3=C(CC2)CC4)CC1. The minimum atomic E-state index is 0.0727. The number of nitrogens with two attached hydrogens (primary N) is 1. The lowest BCUT2D eigenvalue weighted by atomic mass is 9.89. The second kappa shape index (κ2) is 2.78. The van der Waals surface area contributed by atoms with Crippen LogP contribution in [0.25, 0.3) is 11.1 Å². The van der Waals surface area contributed by atoms with Crippen LogP contribution in [-0.2, 0) is 6.42 Å². The molecule has 4 rings (SSSR count). The summed E-state index contributed by atoms with van der Waals surface area (Å²) in [5, 5.41) is 3.08. The van der Waals surface area contributed by atoms with E-state index in [0.717, 1.165) is 0 Å². The van der Waals surface area contributed by atoms with E-state index >= 15 is 0 Å². The van der Waals surface area contributed by atoms with Crippen LogP contribution >= 0.6 is 0 Å². The van der Waals surface area contributed by atoms with Crippen LogP contribution in [0.4, 0.5) is 0 Å². The number of aryl methyl sites for hydroxylation is 1. The van der Waals surface area contributed by atoms with Crippen molar-refractivity contribution in [3.05, 3.63) is 34.2 Å². The van der Waals surface area contributed by atoms with Crippen molar-refractivity contribution >= 4 is 11.1 Å². The Hall–Kier alpha value is -1.08. The van der Waals surface area contributed by atoms with Crippen molar-refractivity contribution in [2.75, 3.05) is 0 Å². The molecule has 2 N–H and O–H groups in total. The van der Waals surface area contributed by atoms with E-state index in [-0.39, 0.29) is 5.54 Å². The summed E-state index contributed by atoms with van der Waals surface area (Å²) >= 11 is 0. The highest BCUT2D eigenvalue weighted by atomic mass is 14.8. The topological polar surface area (TPSA) is 26.0 Å². The van der Waals surface area contributed by atoms with Gasteiger partial charge in [-0.15, -0.1) is 0 Å². The van der Waals surface area contributed by atoms with Gasteiger partial charge < -0.3 is 5.73 Å². The van der Waals surface area contributed by atoms with Gasteiger partial charge in [0.15, 0.2) is 0 Å². The fourth-order valence-corrected chi connectivity index (χ4v) is 3.50. The molecule has 1 fully saturated rings. The molecule has 0 atom stereocenters. The van der Waals surface area contributed by atoms with Crippen molar-refractivity contribution in [1.29, 1.82) is 0 Å². The molecule has 1 saturated carbocycles. The third-order valence-electron chi connectivity index (χ3n) is 4.59. The second-order valence-electron chi connectivity index (χ2n) is 5.58. The minimum Gasteiger partial charge on any atom is -0.322 e. The minimum absolute atomic E-state index is 0.0727. The van der Waals surface area contributed by atoms with Crippen molar-refractivity contribution in [3.63, 3.8) is 0 Å². The van der Waals surface area contributed by atoms with E-state index in [4.69, 9.17) is 5.73 Å². The Bertz CT molecular complexity index is 590. The Kier molecular flexibility index (Phi) is 1.56. The van der Waals surface area contributed by atoms with Crippen LogP contribution < -0.4 is 16.2 Å². The van der Waals surface area contributed by atoms with Gasteiger partial charge in [-0.3, -0.25) is 0 Å². The summed E-state index contributed by atoms with van der Waals surface area (Å²) in [6.45, 7) is 0. The molecule has 82 valence electrons. The van der Waals surface area contributed by atoms with Crippen LogP contribution in [0.3, 0.4) is 0 Å². The average molecular weight is 211 g/mol. The van der Waals surface area contributed by atoms with Gasteiger partial charge in [0.25, 0.3) is 0 Å². The fraction of sp³-hybridized carbons (Fsp3) is 0.467. The maximum Gasteiger partial charge on any atom is 0.0379 e. The summed E-state index contributed by atoms with van der Waals surface area (Å²) < 4.78 is 0. The lowest BCUT2D eigenvalue weighted by molar-refractivity contribution is 0.809. The Morgan fingerprint density at radius 1 is 1.00 bits per heavy atom. The predicted molar refractivity (Wildman–Crippen MR) is 66.2 cm³/mol. The monoisotopic (exact) mass is 211 g/mol. The number of rotatable bonds is 1. The van der Waals surface area contributed by atoms with Crippen molar-refractivity contribution in [3.8, 4) is 0 Å². The molecule has 1 heteroatoms. The van der Waals surface area contributed by atoms with E-state index in [1.54, 1.807) is 21.9 Å². The van der Waals surface area contributed by atoms with E-state index in [9.17, 15) is 0 Å². The van der Waals surface area contributed by atoms with Crippen LogP contribution in [-0.4, -0.2) is 5.54 Å². The molecule has 3 aliphatic carbocycles. The van der Waals surface area contributed by atoms with E-state index in [0.29, 0.717) is 0 Å². The zero-order valence-corrected chi connectivity index (χ0v) is 9.55. The molecule has 0 radical (unpaired) electrons. The quantitative estimate of drug-likeness (QED) is 0.742. The molecule has 0 aliphatic heterocycles. The van der Waals surface area contributed by atoms with Gasteiger partial charge in [0.2, 0.25) is 0 Å². The van der Waals surface area contributed by atoms with Gasteiger partial charge in [-0.2, -0.15) is 0 Å². The predicted octanol–water partition coefficient (Wildman–Crippen LogP) is 1.22. The first kappa shape index (κ1) is 9.00. The third-order valence-corrected chi connectivity index (χ3v) is 4.59. The molecule has 3 aliphatic rings. The molecule has 16 heavy (non-hydrogen) atoms. The van der Waals surface area contributed by atoms with Gasteiger partial charge in [0.1, 0.15) is 0 Å². The molecule has 0 bridgehead atoms. The van der Waals surface area contributed by atoms with E-state index in [1.807, 2.05) is 0 Å². The molecule has 1 aromatic rings. The van der Waals surface area contributed by atoms with Crippen LogP contribution in [0.1, 0.15) is 37.7 Å². The summed E-state index contributed by atoms with van der Waals surface area (Å²) in [5.74, 6) is 0.